The summed E-state index contributed by atoms with van der Waals surface area (Å²) in [5, 5.41) is 2.84. The summed E-state index contributed by atoms with van der Waals surface area (Å²) in [6.07, 6.45) is 6.38. The van der Waals surface area contributed by atoms with Crippen LogP contribution in [0.3, 0.4) is 0 Å². The monoisotopic (exact) mass is 396 g/mol. The van der Waals surface area contributed by atoms with Gasteiger partial charge in [0.1, 0.15) is 6.04 Å². The first-order valence-corrected chi connectivity index (χ1v) is 10.5. The first-order chi connectivity index (χ1) is 13.6. The molecule has 7 nitrogen and oxygen atoms in total. The van der Waals surface area contributed by atoms with Gasteiger partial charge in [-0.05, 0) is 49.2 Å². The van der Waals surface area contributed by atoms with Gasteiger partial charge in [-0.1, -0.05) is 18.2 Å². The van der Waals surface area contributed by atoms with Crippen molar-refractivity contribution in [1.29, 1.82) is 0 Å². The summed E-state index contributed by atoms with van der Waals surface area (Å²) in [6.45, 7) is 0.342. The summed E-state index contributed by atoms with van der Waals surface area (Å²) in [6, 6.07) is 14.8. The largest absolute Gasteiger partial charge is 0.325 e. The molecule has 1 aliphatic rings. The highest BCUT2D eigenvalue weighted by atomic mass is 32.2. The van der Waals surface area contributed by atoms with Crippen LogP contribution < -0.4 is 5.32 Å². The van der Waals surface area contributed by atoms with Crippen molar-refractivity contribution in [2.24, 2.45) is 0 Å². The lowest BCUT2D eigenvalue weighted by atomic mass is 10.2. The first kappa shape index (κ1) is 18.4. The van der Waals surface area contributed by atoms with Crippen molar-refractivity contribution in [3.63, 3.8) is 0 Å². The molecular formula is C20H20N4O3S. The molecular weight excluding hydrogens is 376 g/mol. The molecule has 1 aliphatic heterocycles. The lowest BCUT2D eigenvalue weighted by Crippen LogP contribution is -2.43. The van der Waals surface area contributed by atoms with E-state index in [1.54, 1.807) is 55.0 Å². The fourth-order valence-electron chi connectivity index (χ4n) is 3.37. The van der Waals surface area contributed by atoms with Gasteiger partial charge in [-0.2, -0.15) is 4.31 Å². The maximum atomic E-state index is 12.9. The molecule has 1 saturated heterocycles. The number of amides is 1. The SMILES string of the molecule is O=C(Nc1ccc(-n2ccnc2)cc1)C1CCCN1S(=O)(=O)c1ccccc1. The molecule has 144 valence electrons. The molecule has 28 heavy (non-hydrogen) atoms. The van der Waals surface area contributed by atoms with Crippen LogP contribution in [0.2, 0.25) is 0 Å². The van der Waals surface area contributed by atoms with Gasteiger partial charge in [0, 0.05) is 30.3 Å². The van der Waals surface area contributed by atoms with Crippen LogP contribution in [0.15, 0.2) is 78.2 Å². The van der Waals surface area contributed by atoms with Gasteiger partial charge in [0.2, 0.25) is 15.9 Å². The minimum absolute atomic E-state index is 0.208. The molecule has 1 atom stereocenters. The minimum atomic E-state index is -3.70. The van der Waals surface area contributed by atoms with Gasteiger partial charge in [0.05, 0.1) is 11.2 Å². The number of anilines is 1. The standard InChI is InChI=1S/C20H20N4O3S/c25-20(22-16-8-10-17(11-9-16)23-14-12-21-15-23)19-7-4-13-24(19)28(26,27)18-5-2-1-3-6-18/h1-3,5-6,8-12,14-15,19H,4,7,13H2,(H,22,25). The number of aromatic nitrogens is 2. The summed E-state index contributed by atoms with van der Waals surface area (Å²) < 4.78 is 29.0. The minimum Gasteiger partial charge on any atom is -0.325 e. The van der Waals surface area contributed by atoms with Gasteiger partial charge < -0.3 is 9.88 Å². The number of nitrogens with zero attached hydrogens (tertiary/aromatic N) is 3. The molecule has 0 aliphatic carbocycles. The van der Waals surface area contributed by atoms with Crippen molar-refractivity contribution >= 4 is 21.6 Å². The summed E-state index contributed by atoms with van der Waals surface area (Å²) in [4.78, 5) is 17.0. The average Bonchev–Trinajstić information content (AvgIpc) is 3.42. The Morgan fingerprint density at radius 1 is 1.07 bits per heavy atom. The fourth-order valence-corrected chi connectivity index (χ4v) is 5.05. The third-order valence-electron chi connectivity index (χ3n) is 4.79. The molecule has 4 rings (SSSR count). The number of sulfonamides is 1. The van der Waals surface area contributed by atoms with Gasteiger partial charge in [0.15, 0.2) is 0 Å². The molecule has 0 spiro atoms. The lowest BCUT2D eigenvalue weighted by Gasteiger charge is -2.23. The lowest BCUT2D eigenvalue weighted by molar-refractivity contribution is -0.119. The van der Waals surface area contributed by atoms with Crippen molar-refractivity contribution < 1.29 is 13.2 Å². The van der Waals surface area contributed by atoms with Crippen LogP contribution >= 0.6 is 0 Å². The van der Waals surface area contributed by atoms with Crippen molar-refractivity contribution in [3.05, 3.63) is 73.3 Å². The topological polar surface area (TPSA) is 84.3 Å². The molecule has 1 unspecified atom stereocenters. The Morgan fingerprint density at radius 3 is 2.50 bits per heavy atom. The number of hydrogen-bond acceptors (Lipinski definition) is 4. The highest BCUT2D eigenvalue weighted by Crippen LogP contribution is 2.27. The van der Waals surface area contributed by atoms with Crippen molar-refractivity contribution in [3.8, 4) is 5.69 Å². The Balaban J connectivity index is 1.50. The molecule has 1 amide bonds. The number of benzene rings is 2. The van der Waals surface area contributed by atoms with E-state index in [1.165, 1.54) is 4.31 Å². The number of rotatable bonds is 5. The molecule has 0 radical (unpaired) electrons. The predicted octanol–water partition coefficient (Wildman–Crippen LogP) is 2.66. The zero-order valence-corrected chi connectivity index (χ0v) is 15.9. The van der Waals surface area contributed by atoms with Gasteiger partial charge in [-0.25, -0.2) is 13.4 Å². The molecule has 1 aromatic heterocycles. The predicted molar refractivity (Wildman–Crippen MR) is 106 cm³/mol. The number of nitrogens with one attached hydrogen (secondary N) is 1. The Labute approximate surface area is 163 Å². The van der Waals surface area contributed by atoms with Gasteiger partial charge in [0.25, 0.3) is 0 Å². The van der Waals surface area contributed by atoms with Crippen molar-refractivity contribution in [2.45, 2.75) is 23.8 Å². The number of hydrogen-bond donors (Lipinski definition) is 1. The van der Waals surface area contributed by atoms with E-state index in [9.17, 15) is 13.2 Å². The number of carbonyl (C=O) groups excluding carboxylic acids is 1. The quantitative estimate of drug-likeness (QED) is 0.719. The molecule has 2 heterocycles. The van der Waals surface area contributed by atoms with Crippen LogP contribution in [-0.4, -0.2) is 40.8 Å². The molecule has 0 saturated carbocycles. The second-order valence-corrected chi connectivity index (χ2v) is 8.48. The fraction of sp³-hybridized carbons (Fsp3) is 0.200. The van der Waals surface area contributed by atoms with E-state index >= 15 is 0 Å². The Bertz CT molecular complexity index is 1050. The third-order valence-corrected chi connectivity index (χ3v) is 6.72. The van der Waals surface area contributed by atoms with Crippen LogP contribution in [0.25, 0.3) is 5.69 Å². The Kier molecular flexibility index (Phi) is 4.97. The van der Waals surface area contributed by atoms with Crippen molar-refractivity contribution in [2.75, 3.05) is 11.9 Å². The van der Waals surface area contributed by atoms with E-state index in [2.05, 4.69) is 10.3 Å². The zero-order chi connectivity index (χ0) is 19.6. The van der Waals surface area contributed by atoms with Crippen LogP contribution in [0.1, 0.15) is 12.8 Å². The molecule has 2 aromatic carbocycles. The first-order valence-electron chi connectivity index (χ1n) is 9.02. The van der Waals surface area contributed by atoms with Crippen LogP contribution in [0.5, 0.6) is 0 Å². The van der Waals surface area contributed by atoms with Crippen LogP contribution in [0, 0.1) is 0 Å². The smallest absolute Gasteiger partial charge is 0.243 e. The van der Waals surface area contributed by atoms with Crippen LogP contribution in [0.4, 0.5) is 5.69 Å². The average molecular weight is 396 g/mol. The maximum absolute atomic E-state index is 12.9. The summed E-state index contributed by atoms with van der Waals surface area (Å²) in [5.41, 5.74) is 1.54. The molecule has 3 aromatic rings. The highest BCUT2D eigenvalue weighted by Gasteiger charge is 2.39. The normalized spacial score (nSPS) is 17.5. The highest BCUT2D eigenvalue weighted by molar-refractivity contribution is 7.89. The van der Waals surface area contributed by atoms with E-state index in [0.29, 0.717) is 25.1 Å². The summed E-state index contributed by atoms with van der Waals surface area (Å²) in [5.74, 6) is -0.313. The van der Waals surface area contributed by atoms with E-state index in [-0.39, 0.29) is 10.8 Å². The summed E-state index contributed by atoms with van der Waals surface area (Å²) >= 11 is 0. The van der Waals surface area contributed by atoms with E-state index < -0.39 is 16.1 Å². The number of imidazole rings is 1. The van der Waals surface area contributed by atoms with Crippen LogP contribution in [-0.2, 0) is 14.8 Å². The Morgan fingerprint density at radius 2 is 1.82 bits per heavy atom. The van der Waals surface area contributed by atoms with Gasteiger partial charge in [-0.15, -0.1) is 0 Å². The zero-order valence-electron chi connectivity index (χ0n) is 15.1. The third kappa shape index (κ3) is 3.56. The van der Waals surface area contributed by atoms with E-state index in [1.807, 2.05) is 22.9 Å². The number of carbonyl (C=O) groups is 1. The van der Waals surface area contributed by atoms with Gasteiger partial charge >= 0.3 is 0 Å². The van der Waals surface area contributed by atoms with E-state index in [0.717, 1.165) is 5.69 Å². The molecule has 8 heteroatoms. The maximum Gasteiger partial charge on any atom is 0.243 e. The Hall–Kier alpha value is -2.97. The second-order valence-electron chi connectivity index (χ2n) is 6.59. The van der Waals surface area contributed by atoms with Crippen molar-refractivity contribution in [1.82, 2.24) is 13.9 Å². The second kappa shape index (κ2) is 7.57. The molecule has 1 N–H and O–H groups in total. The summed E-state index contributed by atoms with van der Waals surface area (Å²) in [7, 11) is -3.70. The molecule has 0 bridgehead atoms. The van der Waals surface area contributed by atoms with Gasteiger partial charge in [-0.3, -0.25) is 4.79 Å². The van der Waals surface area contributed by atoms with E-state index in [4.69, 9.17) is 0 Å². The molecule has 1 fully saturated rings.